The molecule has 0 spiro atoms. The molecule has 0 saturated carbocycles. The summed E-state index contributed by atoms with van der Waals surface area (Å²) in [6.45, 7) is 0. The van der Waals surface area contributed by atoms with Gasteiger partial charge in [0.25, 0.3) is 0 Å². The van der Waals surface area contributed by atoms with Gasteiger partial charge in [-0.25, -0.2) is 4.98 Å². The molecule has 0 fully saturated rings. The normalized spacial score (nSPS) is 11.7. The number of pyridine rings is 1. The first kappa shape index (κ1) is 34.1. The van der Waals surface area contributed by atoms with Crippen LogP contribution in [0.15, 0.2) is 224 Å². The lowest BCUT2D eigenvalue weighted by atomic mass is 9.94. The minimum Gasteiger partial charge on any atom is -0.309 e. The van der Waals surface area contributed by atoms with E-state index in [9.17, 15) is 0 Å². The molecule has 0 aliphatic heterocycles. The van der Waals surface area contributed by atoms with E-state index in [1.807, 2.05) is 0 Å². The monoisotopic (exact) mass is 763 g/mol. The number of hydrogen-bond donors (Lipinski definition) is 0. The van der Waals surface area contributed by atoms with E-state index in [2.05, 4.69) is 234 Å². The number of fused-ring (bicyclic) bond motifs is 7. The SMILES string of the molecule is c1ccc(-c2cc(-c3cccc(-c4cccc(-n5c6ccccc6c6ccccc65)c4)c3)nc3ccc(-c4cccc(-n5c6ccccc6c6ccccc65)c4)cc23)cc1. The van der Waals surface area contributed by atoms with E-state index in [0.717, 1.165) is 66.9 Å². The molecule has 0 aliphatic rings. The van der Waals surface area contributed by atoms with E-state index in [0.29, 0.717) is 0 Å². The predicted molar refractivity (Wildman–Crippen MR) is 252 cm³/mol. The summed E-state index contributed by atoms with van der Waals surface area (Å²) < 4.78 is 4.76. The number of rotatable bonds is 6. The van der Waals surface area contributed by atoms with Crippen molar-refractivity contribution >= 4 is 54.5 Å². The zero-order valence-electron chi connectivity index (χ0n) is 32.7. The van der Waals surface area contributed by atoms with Crippen LogP contribution in [-0.2, 0) is 0 Å². The van der Waals surface area contributed by atoms with Crippen molar-refractivity contribution in [2.45, 2.75) is 0 Å². The Morgan fingerprint density at radius 2 is 0.683 bits per heavy atom. The molecule has 60 heavy (non-hydrogen) atoms. The molecule has 0 bridgehead atoms. The van der Waals surface area contributed by atoms with Gasteiger partial charge in [-0.1, -0.05) is 152 Å². The molecular weight excluding hydrogens is 727 g/mol. The van der Waals surface area contributed by atoms with Gasteiger partial charge in [0, 0.05) is 43.9 Å². The largest absolute Gasteiger partial charge is 0.309 e. The smallest absolute Gasteiger partial charge is 0.0716 e. The van der Waals surface area contributed by atoms with Gasteiger partial charge in [0.2, 0.25) is 0 Å². The first-order valence-electron chi connectivity index (χ1n) is 20.5. The molecule has 280 valence electrons. The van der Waals surface area contributed by atoms with Crippen LogP contribution in [-0.4, -0.2) is 14.1 Å². The summed E-state index contributed by atoms with van der Waals surface area (Å²) in [6, 6.07) is 81.0. The van der Waals surface area contributed by atoms with E-state index in [-0.39, 0.29) is 0 Å². The molecule has 0 aliphatic carbocycles. The van der Waals surface area contributed by atoms with Crippen molar-refractivity contribution in [2.24, 2.45) is 0 Å². The Kier molecular flexibility index (Phi) is 7.85. The average Bonchev–Trinajstić information content (AvgIpc) is 3.85. The van der Waals surface area contributed by atoms with Crippen LogP contribution in [0, 0.1) is 0 Å². The molecule has 0 unspecified atom stereocenters. The maximum atomic E-state index is 5.35. The van der Waals surface area contributed by atoms with Gasteiger partial charge in [0.15, 0.2) is 0 Å². The fraction of sp³-hybridized carbons (Fsp3) is 0. The second-order valence-corrected chi connectivity index (χ2v) is 15.6. The molecule has 12 aromatic rings. The summed E-state index contributed by atoms with van der Waals surface area (Å²) in [6.07, 6.45) is 0. The van der Waals surface area contributed by atoms with Gasteiger partial charge in [-0.2, -0.15) is 0 Å². The lowest BCUT2D eigenvalue weighted by Crippen LogP contribution is -1.95. The molecule has 3 nitrogen and oxygen atoms in total. The van der Waals surface area contributed by atoms with Gasteiger partial charge in [0.05, 0.1) is 33.3 Å². The van der Waals surface area contributed by atoms with Crippen LogP contribution in [0.1, 0.15) is 0 Å². The second kappa shape index (κ2) is 13.8. The Morgan fingerprint density at radius 3 is 1.22 bits per heavy atom. The average molecular weight is 764 g/mol. The van der Waals surface area contributed by atoms with Crippen LogP contribution in [0.3, 0.4) is 0 Å². The number of para-hydroxylation sites is 4. The van der Waals surface area contributed by atoms with Crippen LogP contribution in [0.25, 0.3) is 111 Å². The third kappa shape index (κ3) is 5.55. The van der Waals surface area contributed by atoms with E-state index in [1.165, 1.54) is 43.6 Å². The Bertz CT molecular complexity index is 3500. The van der Waals surface area contributed by atoms with Crippen molar-refractivity contribution in [1.29, 1.82) is 0 Å². The van der Waals surface area contributed by atoms with Crippen molar-refractivity contribution in [3.05, 3.63) is 224 Å². The first-order valence-corrected chi connectivity index (χ1v) is 20.5. The molecule has 3 heteroatoms. The van der Waals surface area contributed by atoms with Gasteiger partial charge in [-0.05, 0) is 106 Å². The maximum Gasteiger partial charge on any atom is 0.0716 e. The van der Waals surface area contributed by atoms with Crippen molar-refractivity contribution in [3.8, 4) is 56.0 Å². The Hall–Kier alpha value is -8.01. The Morgan fingerprint density at radius 1 is 0.267 bits per heavy atom. The highest BCUT2D eigenvalue weighted by Crippen LogP contribution is 2.38. The van der Waals surface area contributed by atoms with Crippen LogP contribution in [0.4, 0.5) is 0 Å². The zero-order chi connectivity index (χ0) is 39.6. The molecule has 0 atom stereocenters. The van der Waals surface area contributed by atoms with Crippen molar-refractivity contribution in [1.82, 2.24) is 14.1 Å². The third-order valence-corrected chi connectivity index (χ3v) is 12.1. The standard InChI is InChI=1S/C57H37N3/c1-2-15-38(16-3-1)50-37-53(43-20-12-17-39(33-43)40-18-13-21-44(34-40)59-54-27-8-4-23-46(54)47-24-5-9-28-55(47)59)58-52-32-31-42(36-51(50)52)41-19-14-22-45(35-41)60-56-29-10-6-25-48(56)49-26-7-11-30-57(49)60/h1-37H. The van der Waals surface area contributed by atoms with Crippen LogP contribution >= 0.6 is 0 Å². The number of aromatic nitrogens is 3. The van der Waals surface area contributed by atoms with E-state index >= 15 is 0 Å². The Balaban J connectivity index is 0.957. The van der Waals surface area contributed by atoms with Gasteiger partial charge >= 0.3 is 0 Å². The molecule has 12 rings (SSSR count). The predicted octanol–water partition coefficient (Wildman–Crippen LogP) is 15.1. The van der Waals surface area contributed by atoms with Crippen molar-refractivity contribution in [3.63, 3.8) is 0 Å². The first-order chi connectivity index (χ1) is 29.7. The summed E-state index contributed by atoms with van der Waals surface area (Å²) in [5, 5.41) is 6.17. The van der Waals surface area contributed by atoms with Gasteiger partial charge in [0.1, 0.15) is 0 Å². The highest BCUT2D eigenvalue weighted by molar-refractivity contribution is 6.10. The topological polar surface area (TPSA) is 22.8 Å². The van der Waals surface area contributed by atoms with Crippen LogP contribution in [0.2, 0.25) is 0 Å². The van der Waals surface area contributed by atoms with E-state index in [1.54, 1.807) is 0 Å². The maximum absolute atomic E-state index is 5.35. The van der Waals surface area contributed by atoms with Gasteiger partial charge < -0.3 is 9.13 Å². The summed E-state index contributed by atoms with van der Waals surface area (Å²) in [7, 11) is 0. The molecule has 0 saturated heterocycles. The van der Waals surface area contributed by atoms with E-state index in [4.69, 9.17) is 4.98 Å². The minimum absolute atomic E-state index is 0.947. The van der Waals surface area contributed by atoms with Crippen LogP contribution < -0.4 is 0 Å². The van der Waals surface area contributed by atoms with Gasteiger partial charge in [-0.3, -0.25) is 0 Å². The van der Waals surface area contributed by atoms with E-state index < -0.39 is 0 Å². The van der Waals surface area contributed by atoms with Gasteiger partial charge in [-0.15, -0.1) is 0 Å². The minimum atomic E-state index is 0.947. The summed E-state index contributed by atoms with van der Waals surface area (Å²) in [5.41, 5.74) is 17.1. The van der Waals surface area contributed by atoms with Crippen molar-refractivity contribution < 1.29 is 0 Å². The lowest BCUT2D eigenvalue weighted by Gasteiger charge is -2.14. The molecule has 0 N–H and O–H groups in total. The zero-order valence-corrected chi connectivity index (χ0v) is 32.7. The fourth-order valence-electron chi connectivity index (χ4n) is 9.32. The fourth-order valence-corrected chi connectivity index (χ4v) is 9.32. The highest BCUT2D eigenvalue weighted by atomic mass is 15.0. The second-order valence-electron chi connectivity index (χ2n) is 15.6. The summed E-state index contributed by atoms with van der Waals surface area (Å²) >= 11 is 0. The molecule has 9 aromatic carbocycles. The summed E-state index contributed by atoms with van der Waals surface area (Å²) in [4.78, 5) is 5.35. The third-order valence-electron chi connectivity index (χ3n) is 12.1. The quantitative estimate of drug-likeness (QED) is 0.165. The molecule has 3 aromatic heterocycles. The molecular formula is C57H37N3. The summed E-state index contributed by atoms with van der Waals surface area (Å²) in [5.74, 6) is 0. The number of nitrogens with zero attached hydrogens (tertiary/aromatic N) is 3. The number of benzene rings is 9. The molecule has 0 radical (unpaired) electrons. The van der Waals surface area contributed by atoms with Crippen LogP contribution in [0.5, 0.6) is 0 Å². The highest BCUT2D eigenvalue weighted by Gasteiger charge is 2.16. The Labute approximate surface area is 347 Å². The number of hydrogen-bond acceptors (Lipinski definition) is 1. The molecule has 3 heterocycles. The lowest BCUT2D eigenvalue weighted by molar-refractivity contribution is 1.18. The van der Waals surface area contributed by atoms with Crippen molar-refractivity contribution in [2.75, 3.05) is 0 Å². The molecule has 0 amide bonds.